The number of sulfonamides is 1. The van der Waals surface area contributed by atoms with Crippen LogP contribution >= 0.6 is 11.3 Å². The van der Waals surface area contributed by atoms with Crippen LogP contribution in [0.25, 0.3) is 0 Å². The summed E-state index contributed by atoms with van der Waals surface area (Å²) >= 11 is 1.12. The minimum atomic E-state index is -3.72. The van der Waals surface area contributed by atoms with Crippen LogP contribution in [0.15, 0.2) is 4.34 Å². The zero-order chi connectivity index (χ0) is 15.4. The molecule has 3 rings (SSSR count). The normalized spacial score (nSPS) is 23.3. The average Bonchev–Trinajstić information content (AvgIpc) is 2.91. The minimum absolute atomic E-state index is 0.0302. The fourth-order valence-corrected chi connectivity index (χ4v) is 5.25. The van der Waals surface area contributed by atoms with Crippen LogP contribution in [-0.4, -0.2) is 60.2 Å². The first kappa shape index (κ1) is 14.4. The van der Waals surface area contributed by atoms with Crippen molar-refractivity contribution in [1.29, 1.82) is 0 Å². The Labute approximate surface area is 125 Å². The van der Waals surface area contributed by atoms with E-state index >= 15 is 0 Å². The molecule has 3 heterocycles. The van der Waals surface area contributed by atoms with Gasteiger partial charge in [-0.3, -0.25) is 10.1 Å². The van der Waals surface area contributed by atoms with Crippen molar-refractivity contribution in [2.45, 2.75) is 24.2 Å². The highest BCUT2D eigenvalue weighted by molar-refractivity contribution is 7.91. The Morgan fingerprint density at radius 1 is 1.29 bits per heavy atom. The van der Waals surface area contributed by atoms with E-state index in [9.17, 15) is 18.0 Å². The molecule has 0 saturated carbocycles. The topological polar surface area (TPSA) is 99.7 Å². The molecule has 1 atom stereocenters. The summed E-state index contributed by atoms with van der Waals surface area (Å²) in [7, 11) is -3.72. The first-order valence-electron chi connectivity index (χ1n) is 6.36. The molecule has 2 saturated heterocycles. The number of nitrogens with one attached hydrogen (secondary N) is 1. The lowest BCUT2D eigenvalue weighted by Crippen LogP contribution is -2.54. The molecule has 0 spiro atoms. The average molecular weight is 330 g/mol. The molecule has 10 heteroatoms. The van der Waals surface area contributed by atoms with Gasteiger partial charge in [0.2, 0.25) is 4.34 Å². The molecule has 21 heavy (non-hydrogen) atoms. The number of piperazine rings is 1. The van der Waals surface area contributed by atoms with Crippen molar-refractivity contribution in [1.82, 2.24) is 19.5 Å². The van der Waals surface area contributed by atoms with Gasteiger partial charge in [-0.1, -0.05) is 0 Å². The third kappa shape index (κ3) is 2.23. The monoisotopic (exact) mass is 330 g/mol. The fourth-order valence-electron chi connectivity index (χ4n) is 2.37. The molecular weight excluding hydrogens is 316 g/mol. The minimum Gasteiger partial charge on any atom is -0.310 e. The maximum absolute atomic E-state index is 12.6. The first-order chi connectivity index (χ1) is 9.80. The van der Waals surface area contributed by atoms with Crippen molar-refractivity contribution in [3.63, 3.8) is 0 Å². The lowest BCUT2D eigenvalue weighted by molar-refractivity contribution is -0.122. The third-order valence-electron chi connectivity index (χ3n) is 3.71. The van der Waals surface area contributed by atoms with Crippen molar-refractivity contribution in [2.75, 3.05) is 19.6 Å². The number of hydrogen-bond donors (Lipinski definition) is 1. The van der Waals surface area contributed by atoms with Crippen LogP contribution < -0.4 is 5.32 Å². The van der Waals surface area contributed by atoms with Crippen LogP contribution in [0.4, 0.5) is 4.79 Å². The zero-order valence-electron chi connectivity index (χ0n) is 11.5. The zero-order valence-corrected chi connectivity index (χ0v) is 13.1. The van der Waals surface area contributed by atoms with Crippen LogP contribution in [0.5, 0.6) is 0 Å². The summed E-state index contributed by atoms with van der Waals surface area (Å²) in [5.41, 5.74) is 0.686. The SMILES string of the molecule is Cc1nc(S(=O)(=O)N2CCN3C(=O)NC(=O)C3C2)sc1C. The van der Waals surface area contributed by atoms with Gasteiger partial charge in [0, 0.05) is 24.5 Å². The Balaban J connectivity index is 1.88. The Kier molecular flexibility index (Phi) is 3.26. The fraction of sp³-hybridized carbons (Fsp3) is 0.545. The third-order valence-corrected chi connectivity index (χ3v) is 7.00. The molecule has 1 unspecified atom stereocenters. The maximum Gasteiger partial charge on any atom is 0.324 e. The first-order valence-corrected chi connectivity index (χ1v) is 8.62. The molecule has 3 amide bonds. The van der Waals surface area contributed by atoms with E-state index in [1.165, 1.54) is 9.21 Å². The van der Waals surface area contributed by atoms with Crippen LogP contribution in [0, 0.1) is 13.8 Å². The van der Waals surface area contributed by atoms with Crippen molar-refractivity contribution in [2.24, 2.45) is 0 Å². The second kappa shape index (κ2) is 4.75. The van der Waals surface area contributed by atoms with E-state index in [1.54, 1.807) is 6.92 Å². The Bertz CT molecular complexity index is 707. The highest BCUT2D eigenvalue weighted by atomic mass is 32.2. The molecule has 114 valence electrons. The van der Waals surface area contributed by atoms with E-state index in [1.807, 2.05) is 6.92 Å². The number of urea groups is 1. The number of nitrogens with zero attached hydrogens (tertiary/aromatic N) is 3. The van der Waals surface area contributed by atoms with E-state index in [2.05, 4.69) is 10.3 Å². The van der Waals surface area contributed by atoms with E-state index in [4.69, 9.17) is 0 Å². The molecular formula is C11H14N4O4S2. The van der Waals surface area contributed by atoms with Gasteiger partial charge in [-0.25, -0.2) is 18.2 Å². The molecule has 0 bridgehead atoms. The number of amides is 3. The van der Waals surface area contributed by atoms with Crippen molar-refractivity contribution >= 4 is 33.3 Å². The largest absolute Gasteiger partial charge is 0.324 e. The number of thiazole rings is 1. The summed E-state index contributed by atoms with van der Waals surface area (Å²) in [6.45, 7) is 3.90. The number of carbonyl (C=O) groups is 2. The van der Waals surface area contributed by atoms with Gasteiger partial charge in [-0.05, 0) is 13.8 Å². The van der Waals surface area contributed by atoms with Gasteiger partial charge in [0.05, 0.1) is 5.69 Å². The van der Waals surface area contributed by atoms with E-state index in [-0.39, 0.29) is 24.0 Å². The summed E-state index contributed by atoms with van der Waals surface area (Å²) in [4.78, 5) is 29.5. The maximum atomic E-state index is 12.6. The van der Waals surface area contributed by atoms with Crippen LogP contribution in [-0.2, 0) is 14.8 Å². The second-order valence-corrected chi connectivity index (χ2v) is 8.30. The van der Waals surface area contributed by atoms with Gasteiger partial charge >= 0.3 is 6.03 Å². The van der Waals surface area contributed by atoms with Gasteiger partial charge in [-0.2, -0.15) is 4.31 Å². The molecule has 0 aromatic carbocycles. The van der Waals surface area contributed by atoms with Gasteiger partial charge < -0.3 is 4.90 Å². The van der Waals surface area contributed by atoms with Crippen LogP contribution in [0.1, 0.15) is 10.6 Å². The Morgan fingerprint density at radius 3 is 2.62 bits per heavy atom. The van der Waals surface area contributed by atoms with Gasteiger partial charge in [0.25, 0.3) is 15.9 Å². The lowest BCUT2D eigenvalue weighted by Gasteiger charge is -2.33. The predicted molar refractivity (Wildman–Crippen MR) is 74.4 cm³/mol. The molecule has 2 aliphatic rings. The van der Waals surface area contributed by atoms with Crippen LogP contribution in [0.3, 0.4) is 0 Å². The van der Waals surface area contributed by atoms with Crippen molar-refractivity contribution in [3.8, 4) is 0 Å². The standard InChI is InChI=1S/C11H14N4O4S2/c1-6-7(2)20-11(12-6)21(18,19)14-3-4-15-8(5-14)9(16)13-10(15)17/h8H,3-5H2,1-2H3,(H,13,16,17). The van der Waals surface area contributed by atoms with E-state index in [0.29, 0.717) is 5.69 Å². The quantitative estimate of drug-likeness (QED) is 0.750. The molecule has 2 aliphatic heterocycles. The highest BCUT2D eigenvalue weighted by Crippen LogP contribution is 2.26. The Hall–Kier alpha value is -1.52. The van der Waals surface area contributed by atoms with Gasteiger partial charge in [-0.15, -0.1) is 11.3 Å². The number of carbonyl (C=O) groups excluding carboxylic acids is 2. The lowest BCUT2D eigenvalue weighted by atomic mass is 10.2. The molecule has 1 aromatic rings. The number of aryl methyl sites for hydroxylation is 2. The molecule has 0 aliphatic carbocycles. The molecule has 0 radical (unpaired) electrons. The highest BCUT2D eigenvalue weighted by Gasteiger charge is 2.45. The summed E-state index contributed by atoms with van der Waals surface area (Å²) in [6.07, 6.45) is 0. The molecule has 8 nitrogen and oxygen atoms in total. The Morgan fingerprint density at radius 2 is 2.00 bits per heavy atom. The smallest absolute Gasteiger partial charge is 0.310 e. The number of fused-ring (bicyclic) bond motifs is 1. The number of aromatic nitrogens is 1. The molecule has 2 fully saturated rings. The number of imide groups is 1. The second-order valence-electron chi connectivity index (χ2n) is 4.99. The summed E-state index contributed by atoms with van der Waals surface area (Å²) in [6, 6.07) is -1.20. The van der Waals surface area contributed by atoms with Crippen molar-refractivity contribution in [3.05, 3.63) is 10.6 Å². The van der Waals surface area contributed by atoms with Crippen molar-refractivity contribution < 1.29 is 18.0 Å². The van der Waals surface area contributed by atoms with Gasteiger partial charge in [0.1, 0.15) is 6.04 Å². The predicted octanol–water partition coefficient (Wildman–Crippen LogP) is -0.315. The van der Waals surface area contributed by atoms with E-state index in [0.717, 1.165) is 16.2 Å². The van der Waals surface area contributed by atoms with Crippen LogP contribution in [0.2, 0.25) is 0 Å². The number of hydrogen-bond acceptors (Lipinski definition) is 6. The molecule has 1 N–H and O–H groups in total. The number of rotatable bonds is 2. The summed E-state index contributed by atoms with van der Waals surface area (Å²) in [5.74, 6) is -0.452. The van der Waals surface area contributed by atoms with E-state index < -0.39 is 28.0 Å². The summed E-state index contributed by atoms with van der Waals surface area (Å²) < 4.78 is 26.4. The van der Waals surface area contributed by atoms with Gasteiger partial charge in [0.15, 0.2) is 0 Å². The molecule has 1 aromatic heterocycles. The summed E-state index contributed by atoms with van der Waals surface area (Å²) in [5, 5.41) is 2.20.